The van der Waals surface area contributed by atoms with Crippen molar-refractivity contribution in [2.45, 2.75) is 23.1 Å². The minimum atomic E-state index is -4.70. The molecule has 0 aromatic heterocycles. The number of fused-ring (bicyclic) bond motifs is 2. The zero-order valence-corrected chi connectivity index (χ0v) is 22.1. The summed E-state index contributed by atoms with van der Waals surface area (Å²) in [5, 5.41) is 23.0. The second-order valence-corrected chi connectivity index (χ2v) is 11.4. The van der Waals surface area contributed by atoms with Gasteiger partial charge in [0.25, 0.3) is 20.2 Å². The molecular formula is C26H23N3O8S2. The Morgan fingerprint density at radius 1 is 0.897 bits per heavy atom. The van der Waals surface area contributed by atoms with E-state index in [4.69, 9.17) is 0 Å². The molecule has 4 aromatic carbocycles. The van der Waals surface area contributed by atoms with E-state index in [-0.39, 0.29) is 52.0 Å². The van der Waals surface area contributed by atoms with Crippen molar-refractivity contribution in [1.29, 1.82) is 0 Å². The Morgan fingerprint density at radius 3 is 2.21 bits per heavy atom. The molecule has 0 heterocycles. The molecule has 0 bridgehead atoms. The molecule has 0 aliphatic heterocycles. The third-order valence-corrected chi connectivity index (χ3v) is 7.64. The number of carbonyl (C=O) groups is 1. The molecule has 0 saturated carbocycles. The Hall–Kier alpha value is -4.17. The largest absolute Gasteiger partial charge is 0.505 e. The lowest BCUT2D eigenvalue weighted by Crippen LogP contribution is -2.10. The van der Waals surface area contributed by atoms with Crippen LogP contribution in [-0.4, -0.2) is 43.4 Å². The fraction of sp³-hybridized carbons (Fsp3) is 0.115. The number of nitrogens with one attached hydrogen (secondary N) is 1. The number of azo groups is 1. The molecule has 0 saturated heterocycles. The highest BCUT2D eigenvalue weighted by Crippen LogP contribution is 2.42. The number of anilines is 1. The highest BCUT2D eigenvalue weighted by Gasteiger charge is 2.21. The quantitative estimate of drug-likeness (QED) is 0.114. The maximum atomic E-state index is 12.2. The molecule has 4 rings (SSSR count). The molecular weight excluding hydrogens is 546 g/mol. The van der Waals surface area contributed by atoms with Crippen LogP contribution in [0.25, 0.3) is 21.5 Å². The molecule has 0 atom stereocenters. The van der Waals surface area contributed by atoms with Crippen LogP contribution in [0.5, 0.6) is 5.75 Å². The van der Waals surface area contributed by atoms with Gasteiger partial charge in [-0.2, -0.15) is 16.8 Å². The second-order valence-electron chi connectivity index (χ2n) is 8.67. The topological polar surface area (TPSA) is 183 Å². The maximum absolute atomic E-state index is 12.2. The summed E-state index contributed by atoms with van der Waals surface area (Å²) in [7, 11) is -9.30. The predicted octanol–water partition coefficient (Wildman–Crippen LogP) is 5.55. The molecule has 0 radical (unpaired) electrons. The van der Waals surface area contributed by atoms with Crippen molar-refractivity contribution in [3.63, 3.8) is 0 Å². The van der Waals surface area contributed by atoms with E-state index in [9.17, 15) is 35.8 Å². The summed E-state index contributed by atoms with van der Waals surface area (Å²) in [5.74, 6) is -0.650. The van der Waals surface area contributed by atoms with Gasteiger partial charge in [0.05, 0.1) is 4.90 Å². The van der Waals surface area contributed by atoms with Gasteiger partial charge in [0.15, 0.2) is 11.5 Å². The van der Waals surface area contributed by atoms with Gasteiger partial charge in [-0.3, -0.25) is 13.9 Å². The molecule has 0 spiro atoms. The van der Waals surface area contributed by atoms with Gasteiger partial charge >= 0.3 is 0 Å². The molecule has 0 fully saturated rings. The lowest BCUT2D eigenvalue weighted by molar-refractivity contribution is -0.115. The van der Waals surface area contributed by atoms with Crippen LogP contribution in [0.4, 0.5) is 17.1 Å². The van der Waals surface area contributed by atoms with Crippen LogP contribution in [0.3, 0.4) is 0 Å². The SMILES string of the molecule is C=C(C)C(=O)CCNc1cc(S(=O)(=O)O)cc2ccc(/N=N/c3ccc4ccccc4c3S(=O)(=O)O)c(O)c12. The van der Waals surface area contributed by atoms with Crippen LogP contribution in [0.2, 0.25) is 0 Å². The van der Waals surface area contributed by atoms with Crippen molar-refractivity contribution in [2.24, 2.45) is 10.2 Å². The van der Waals surface area contributed by atoms with E-state index in [0.29, 0.717) is 11.0 Å². The summed E-state index contributed by atoms with van der Waals surface area (Å²) in [5.41, 5.74) is 0.164. The number of allylic oxidation sites excluding steroid dienone is 1. The van der Waals surface area contributed by atoms with Gasteiger partial charge in [-0.1, -0.05) is 43.0 Å². The Balaban J connectivity index is 1.83. The highest BCUT2D eigenvalue weighted by atomic mass is 32.2. The van der Waals surface area contributed by atoms with Gasteiger partial charge in [0, 0.05) is 29.4 Å². The predicted molar refractivity (Wildman–Crippen MR) is 146 cm³/mol. The number of phenolic OH excluding ortho intramolecular Hbond substituents is 1. The zero-order chi connectivity index (χ0) is 28.5. The minimum absolute atomic E-state index is 0.0352. The highest BCUT2D eigenvalue weighted by molar-refractivity contribution is 7.86. The summed E-state index contributed by atoms with van der Waals surface area (Å²) >= 11 is 0. The van der Waals surface area contributed by atoms with E-state index >= 15 is 0 Å². The van der Waals surface area contributed by atoms with Gasteiger partial charge in [-0.05, 0) is 47.5 Å². The summed E-state index contributed by atoms with van der Waals surface area (Å²) in [6.45, 7) is 5.20. The molecule has 4 aromatic rings. The van der Waals surface area contributed by atoms with Gasteiger partial charge in [0.2, 0.25) is 0 Å². The van der Waals surface area contributed by atoms with Crippen LogP contribution in [-0.2, 0) is 25.0 Å². The van der Waals surface area contributed by atoms with Crippen molar-refractivity contribution in [3.05, 3.63) is 72.8 Å². The summed E-state index contributed by atoms with van der Waals surface area (Å²) in [6, 6.07) is 14.4. The Morgan fingerprint density at radius 2 is 1.54 bits per heavy atom. The number of hydrogen-bond donors (Lipinski definition) is 4. The average Bonchev–Trinajstić information content (AvgIpc) is 2.86. The first-order valence-corrected chi connectivity index (χ1v) is 14.3. The first-order chi connectivity index (χ1) is 18.3. The number of phenols is 1. The summed E-state index contributed by atoms with van der Waals surface area (Å²) in [6.07, 6.45) is 0.0352. The van der Waals surface area contributed by atoms with E-state index in [1.807, 2.05) is 0 Å². The fourth-order valence-electron chi connectivity index (χ4n) is 3.99. The Bertz CT molecular complexity index is 1900. The van der Waals surface area contributed by atoms with Gasteiger partial charge < -0.3 is 10.4 Å². The van der Waals surface area contributed by atoms with Gasteiger partial charge in [0.1, 0.15) is 16.3 Å². The molecule has 4 N–H and O–H groups in total. The van der Waals surface area contributed by atoms with E-state index in [0.717, 1.165) is 12.1 Å². The van der Waals surface area contributed by atoms with Crippen molar-refractivity contribution >= 4 is 64.6 Å². The second kappa shape index (κ2) is 10.5. The third kappa shape index (κ3) is 5.96. The lowest BCUT2D eigenvalue weighted by Gasteiger charge is -2.14. The molecule has 0 amide bonds. The van der Waals surface area contributed by atoms with Crippen LogP contribution in [0.15, 0.2) is 92.8 Å². The van der Waals surface area contributed by atoms with Gasteiger partial charge in [-0.25, -0.2) is 0 Å². The van der Waals surface area contributed by atoms with Crippen LogP contribution < -0.4 is 5.32 Å². The normalized spacial score (nSPS) is 12.3. The smallest absolute Gasteiger partial charge is 0.297 e. The third-order valence-electron chi connectivity index (χ3n) is 5.87. The standard InChI is InChI=1S/C26H23N3O8S2/c1-15(2)23(30)11-12-27-22-14-18(38(32,33)34)13-17-8-9-20(25(31)24(17)22)28-29-21-10-7-16-5-3-4-6-19(16)26(21)39(35,36)37/h3-10,13-14,27,31H,1,11-12H2,2H3,(H,32,33,34)(H,35,36,37)/b29-28+. The van der Waals surface area contributed by atoms with E-state index in [1.165, 1.54) is 24.3 Å². The van der Waals surface area contributed by atoms with E-state index in [2.05, 4.69) is 22.1 Å². The molecule has 39 heavy (non-hydrogen) atoms. The molecule has 0 aliphatic rings. The number of ketones is 1. The van der Waals surface area contributed by atoms with Crippen molar-refractivity contribution in [3.8, 4) is 5.75 Å². The van der Waals surface area contributed by atoms with E-state index < -0.39 is 35.8 Å². The first-order valence-electron chi connectivity index (χ1n) is 11.4. The number of aromatic hydroxyl groups is 1. The zero-order valence-electron chi connectivity index (χ0n) is 20.5. The van der Waals surface area contributed by atoms with Crippen LogP contribution in [0, 0.1) is 0 Å². The monoisotopic (exact) mass is 569 g/mol. The minimum Gasteiger partial charge on any atom is -0.505 e. The summed E-state index contributed by atoms with van der Waals surface area (Å²) < 4.78 is 67.4. The van der Waals surface area contributed by atoms with E-state index in [1.54, 1.807) is 31.2 Å². The van der Waals surface area contributed by atoms with Crippen molar-refractivity contribution in [2.75, 3.05) is 11.9 Å². The lowest BCUT2D eigenvalue weighted by atomic mass is 10.1. The van der Waals surface area contributed by atoms with Gasteiger partial charge in [-0.15, -0.1) is 10.2 Å². The summed E-state index contributed by atoms with van der Waals surface area (Å²) in [4.78, 5) is 11.0. The van der Waals surface area contributed by atoms with Crippen molar-refractivity contribution < 1.29 is 35.8 Å². The van der Waals surface area contributed by atoms with Crippen molar-refractivity contribution in [1.82, 2.24) is 0 Å². The number of carbonyl (C=O) groups excluding carboxylic acids is 1. The average molecular weight is 570 g/mol. The number of hydrogen-bond acceptors (Lipinski definition) is 9. The maximum Gasteiger partial charge on any atom is 0.297 e. The number of nitrogens with zero attached hydrogens (tertiary/aromatic N) is 2. The molecule has 202 valence electrons. The number of Topliss-reactive ketones (excluding diaryl/α,β-unsaturated/α-hetero) is 1. The Labute approximate surface area is 224 Å². The number of rotatable bonds is 9. The molecule has 0 aliphatic carbocycles. The first kappa shape index (κ1) is 27.9. The fourth-order valence-corrected chi connectivity index (χ4v) is 5.37. The molecule has 13 heteroatoms. The Kier molecular flexibility index (Phi) is 7.52. The van der Waals surface area contributed by atoms with Crippen LogP contribution in [0.1, 0.15) is 13.3 Å². The van der Waals surface area contributed by atoms with Crippen LogP contribution >= 0.6 is 0 Å². The number of benzene rings is 4. The molecule has 0 unspecified atom stereocenters. The molecule has 11 nitrogen and oxygen atoms in total.